The summed E-state index contributed by atoms with van der Waals surface area (Å²) in [6, 6.07) is 11.3. The van der Waals surface area contributed by atoms with E-state index in [1.54, 1.807) is 37.4 Å². The van der Waals surface area contributed by atoms with Gasteiger partial charge in [0, 0.05) is 6.08 Å². The van der Waals surface area contributed by atoms with Crippen molar-refractivity contribution in [2.24, 2.45) is 0 Å². The van der Waals surface area contributed by atoms with Crippen molar-refractivity contribution in [2.75, 3.05) is 20.8 Å². The smallest absolute Gasteiger partial charge is 0.349 e. The highest BCUT2D eigenvalue weighted by Gasteiger charge is 2.11. The molecule has 0 atom stereocenters. The van der Waals surface area contributed by atoms with Crippen molar-refractivity contribution < 1.29 is 28.7 Å². The lowest BCUT2D eigenvalue weighted by atomic mass is 10.2. The molecule has 0 aromatic heterocycles. The number of hydrogen-bond acceptors (Lipinski definition) is 7. The van der Waals surface area contributed by atoms with Crippen LogP contribution >= 0.6 is 0 Å². The van der Waals surface area contributed by atoms with Gasteiger partial charge in [0.15, 0.2) is 18.1 Å². The molecular formula is C18H17NO7. The summed E-state index contributed by atoms with van der Waals surface area (Å²) in [6.07, 6.45) is 2.12. The maximum atomic E-state index is 11.9. The zero-order valence-electron chi connectivity index (χ0n) is 14.2. The second-order valence-corrected chi connectivity index (χ2v) is 4.95. The Balaban J connectivity index is 1.97. The minimum absolute atomic E-state index is 0.189. The quantitative estimate of drug-likeness (QED) is 0.309. The molecule has 0 unspecified atom stereocenters. The number of hydrogen-bond donors (Lipinski definition) is 0. The van der Waals surface area contributed by atoms with Gasteiger partial charge in [0.05, 0.1) is 19.1 Å². The molecule has 2 aromatic carbocycles. The number of nitrogens with zero attached hydrogens (tertiary/aromatic N) is 1. The second-order valence-electron chi connectivity index (χ2n) is 4.95. The summed E-state index contributed by atoms with van der Waals surface area (Å²) in [7, 11) is 2.96. The van der Waals surface area contributed by atoms with Crippen molar-refractivity contribution in [1.82, 2.24) is 0 Å². The van der Waals surface area contributed by atoms with Crippen LogP contribution in [-0.2, 0) is 4.79 Å². The van der Waals surface area contributed by atoms with E-state index in [-0.39, 0.29) is 18.1 Å². The van der Waals surface area contributed by atoms with Gasteiger partial charge in [-0.2, -0.15) is 0 Å². The molecule has 0 amide bonds. The molecule has 0 bridgehead atoms. The van der Waals surface area contributed by atoms with Crippen LogP contribution in [0.4, 0.5) is 0 Å². The monoisotopic (exact) mass is 359 g/mol. The third-order valence-electron chi connectivity index (χ3n) is 3.22. The summed E-state index contributed by atoms with van der Waals surface area (Å²) in [5.74, 6) is 1.01. The van der Waals surface area contributed by atoms with Crippen LogP contribution < -0.4 is 18.9 Å². The zero-order chi connectivity index (χ0) is 18.9. The molecule has 0 radical (unpaired) electrons. The number of carbonyl (C=O) groups is 1. The number of ether oxygens (including phenoxy) is 4. The lowest BCUT2D eigenvalue weighted by molar-refractivity contribution is -0.400. The zero-order valence-corrected chi connectivity index (χ0v) is 14.2. The van der Waals surface area contributed by atoms with Crippen molar-refractivity contribution in [3.8, 4) is 23.0 Å². The van der Waals surface area contributed by atoms with Crippen molar-refractivity contribution in [3.05, 3.63) is 64.3 Å². The first-order valence-corrected chi connectivity index (χ1v) is 7.49. The average Bonchev–Trinajstić information content (AvgIpc) is 2.65. The van der Waals surface area contributed by atoms with E-state index >= 15 is 0 Å². The van der Waals surface area contributed by atoms with Crippen LogP contribution in [0.2, 0.25) is 0 Å². The Morgan fingerprint density at radius 2 is 1.73 bits per heavy atom. The van der Waals surface area contributed by atoms with Gasteiger partial charge in [0.25, 0.3) is 0 Å². The Hall–Kier alpha value is -3.55. The van der Waals surface area contributed by atoms with E-state index in [4.69, 9.17) is 18.9 Å². The summed E-state index contributed by atoms with van der Waals surface area (Å²) in [4.78, 5) is 21.7. The minimum Gasteiger partial charge on any atom is -0.497 e. The molecule has 8 heteroatoms. The molecule has 0 aliphatic rings. The minimum atomic E-state index is -0.618. The first kappa shape index (κ1) is 18.8. The van der Waals surface area contributed by atoms with Crippen LogP contribution in [0.1, 0.15) is 5.56 Å². The third kappa shape index (κ3) is 5.52. The molecule has 0 N–H and O–H groups in total. The van der Waals surface area contributed by atoms with E-state index in [0.717, 1.165) is 6.20 Å². The number of esters is 1. The first-order chi connectivity index (χ1) is 12.5. The predicted molar refractivity (Wildman–Crippen MR) is 93.1 cm³/mol. The van der Waals surface area contributed by atoms with Gasteiger partial charge in [0.2, 0.25) is 6.20 Å². The Bertz CT molecular complexity index is 800. The first-order valence-electron chi connectivity index (χ1n) is 7.49. The normalized spacial score (nSPS) is 10.4. The Kier molecular flexibility index (Phi) is 6.55. The van der Waals surface area contributed by atoms with Crippen LogP contribution in [-0.4, -0.2) is 31.7 Å². The summed E-state index contributed by atoms with van der Waals surface area (Å²) in [5.41, 5.74) is 0.535. The number of carbonyl (C=O) groups excluding carboxylic acids is 1. The van der Waals surface area contributed by atoms with Gasteiger partial charge in [0.1, 0.15) is 11.5 Å². The van der Waals surface area contributed by atoms with Crippen molar-refractivity contribution in [3.63, 3.8) is 0 Å². The Labute approximate surface area is 149 Å². The van der Waals surface area contributed by atoms with Crippen LogP contribution in [0.3, 0.4) is 0 Å². The van der Waals surface area contributed by atoms with Crippen LogP contribution in [0.25, 0.3) is 6.08 Å². The lowest BCUT2D eigenvalue weighted by Crippen LogP contribution is -2.18. The Morgan fingerprint density at radius 3 is 2.35 bits per heavy atom. The molecule has 0 aliphatic carbocycles. The molecule has 0 aliphatic heterocycles. The Morgan fingerprint density at radius 1 is 1.04 bits per heavy atom. The van der Waals surface area contributed by atoms with Crippen LogP contribution in [0, 0.1) is 10.1 Å². The number of benzene rings is 2. The van der Waals surface area contributed by atoms with Crippen molar-refractivity contribution in [1.29, 1.82) is 0 Å². The van der Waals surface area contributed by atoms with Gasteiger partial charge < -0.3 is 18.9 Å². The largest absolute Gasteiger partial charge is 0.497 e. The fourth-order valence-electron chi connectivity index (χ4n) is 1.99. The number of methoxy groups -OCH3 is 2. The molecule has 26 heavy (non-hydrogen) atoms. The van der Waals surface area contributed by atoms with E-state index < -0.39 is 10.9 Å². The van der Waals surface area contributed by atoms with E-state index in [9.17, 15) is 14.9 Å². The molecule has 0 heterocycles. The second kappa shape index (κ2) is 9.07. The highest BCUT2D eigenvalue weighted by Crippen LogP contribution is 2.28. The standard InChI is InChI=1S/C18H17NO7/c1-23-14-4-6-15(7-5-14)25-12-18(20)26-16-8-3-13(9-10-19(21)22)11-17(16)24-2/h3-11H,12H2,1-2H3/b10-9+. The predicted octanol–water partition coefficient (Wildman–Crippen LogP) is 2.94. The van der Waals surface area contributed by atoms with E-state index in [2.05, 4.69) is 0 Å². The van der Waals surface area contributed by atoms with Crippen molar-refractivity contribution in [2.45, 2.75) is 0 Å². The fourth-order valence-corrected chi connectivity index (χ4v) is 1.99. The number of rotatable bonds is 8. The fraction of sp³-hybridized carbons (Fsp3) is 0.167. The van der Waals surface area contributed by atoms with Crippen molar-refractivity contribution >= 4 is 12.0 Å². The molecule has 0 saturated carbocycles. The molecule has 0 fully saturated rings. The maximum Gasteiger partial charge on any atom is 0.349 e. The average molecular weight is 359 g/mol. The molecular weight excluding hydrogens is 342 g/mol. The molecule has 2 aromatic rings. The summed E-state index contributed by atoms with van der Waals surface area (Å²) in [5, 5.41) is 10.4. The lowest BCUT2D eigenvalue weighted by Gasteiger charge is -2.10. The van der Waals surface area contributed by atoms with Gasteiger partial charge in [-0.15, -0.1) is 0 Å². The molecule has 0 spiro atoms. The van der Waals surface area contributed by atoms with E-state index in [1.807, 2.05) is 0 Å². The van der Waals surface area contributed by atoms with Crippen LogP contribution in [0.15, 0.2) is 48.7 Å². The summed E-state index contributed by atoms with van der Waals surface area (Å²) < 4.78 is 20.7. The van der Waals surface area contributed by atoms with Gasteiger partial charge in [-0.1, -0.05) is 6.07 Å². The molecule has 0 saturated heterocycles. The van der Waals surface area contributed by atoms with E-state index in [0.29, 0.717) is 17.1 Å². The molecule has 136 valence electrons. The molecule has 8 nitrogen and oxygen atoms in total. The van der Waals surface area contributed by atoms with Gasteiger partial charge >= 0.3 is 5.97 Å². The van der Waals surface area contributed by atoms with Gasteiger partial charge in [-0.05, 0) is 42.0 Å². The highest BCUT2D eigenvalue weighted by atomic mass is 16.6. The van der Waals surface area contributed by atoms with E-state index in [1.165, 1.54) is 25.3 Å². The van der Waals surface area contributed by atoms with Crippen LogP contribution in [0.5, 0.6) is 23.0 Å². The van der Waals surface area contributed by atoms with Gasteiger partial charge in [-0.3, -0.25) is 10.1 Å². The SMILES string of the molecule is COc1ccc(OCC(=O)Oc2ccc(/C=C/[N+](=O)[O-])cc2OC)cc1. The third-order valence-corrected chi connectivity index (χ3v) is 3.22. The number of nitro groups is 1. The summed E-state index contributed by atoms with van der Waals surface area (Å²) >= 11 is 0. The molecule has 2 rings (SSSR count). The highest BCUT2D eigenvalue weighted by molar-refractivity contribution is 5.75. The topological polar surface area (TPSA) is 97.1 Å². The van der Waals surface area contributed by atoms with Gasteiger partial charge in [-0.25, -0.2) is 4.79 Å². The maximum absolute atomic E-state index is 11.9. The summed E-state index contributed by atoms with van der Waals surface area (Å²) in [6.45, 7) is -0.293.